The number of carbonyl (C=O) groups excluding carboxylic acids is 1. The van der Waals surface area contributed by atoms with Gasteiger partial charge in [-0.25, -0.2) is 5.43 Å². The van der Waals surface area contributed by atoms with Crippen LogP contribution in [0.5, 0.6) is 0 Å². The Labute approximate surface area is 158 Å². The summed E-state index contributed by atoms with van der Waals surface area (Å²) in [6.45, 7) is 0. The van der Waals surface area contributed by atoms with Gasteiger partial charge >= 0.3 is 6.01 Å². The minimum atomic E-state index is -0.635. The van der Waals surface area contributed by atoms with Gasteiger partial charge in [0.05, 0.1) is 0 Å². The van der Waals surface area contributed by atoms with Gasteiger partial charge in [-0.2, -0.15) is 4.98 Å². The molecule has 0 fully saturated rings. The molecule has 4 rings (SSSR count). The minimum Gasteiger partial charge on any atom is -0.321 e. The third kappa shape index (κ3) is 3.63. The second-order valence-corrected chi connectivity index (χ2v) is 5.72. The molecule has 0 radical (unpaired) electrons. The van der Waals surface area contributed by atoms with E-state index in [0.717, 1.165) is 5.56 Å². The van der Waals surface area contributed by atoms with Crippen LogP contribution in [-0.2, 0) is 0 Å². The van der Waals surface area contributed by atoms with Crippen molar-refractivity contribution in [1.29, 1.82) is 0 Å². The molecule has 0 bridgehead atoms. The van der Waals surface area contributed by atoms with Crippen LogP contribution in [0.1, 0.15) is 10.4 Å². The van der Waals surface area contributed by atoms with Crippen LogP contribution < -0.4 is 16.4 Å². The lowest BCUT2D eigenvalue weighted by atomic mass is 10.1. The van der Waals surface area contributed by atoms with Crippen molar-refractivity contribution in [2.75, 3.05) is 5.43 Å². The van der Waals surface area contributed by atoms with Crippen molar-refractivity contribution < 1.29 is 9.32 Å². The van der Waals surface area contributed by atoms with Gasteiger partial charge in [-0.05, 0) is 29.8 Å². The fourth-order valence-corrected chi connectivity index (χ4v) is 2.51. The summed E-state index contributed by atoms with van der Waals surface area (Å²) in [5, 5.41) is 3.80. The average Bonchev–Trinajstić information content (AvgIpc) is 3.22. The minimum absolute atomic E-state index is 0.0162. The Morgan fingerprint density at radius 3 is 2.50 bits per heavy atom. The summed E-state index contributed by atoms with van der Waals surface area (Å²) in [6.07, 6.45) is 3.21. The highest BCUT2D eigenvalue weighted by Crippen LogP contribution is 2.16. The first kappa shape index (κ1) is 17.2. The monoisotopic (exact) mass is 374 g/mol. The van der Waals surface area contributed by atoms with Gasteiger partial charge in [0.1, 0.15) is 5.56 Å². The number of pyridine rings is 2. The van der Waals surface area contributed by atoms with Crippen molar-refractivity contribution in [1.82, 2.24) is 25.5 Å². The van der Waals surface area contributed by atoms with Crippen LogP contribution in [0.15, 0.2) is 76.3 Å². The molecule has 0 saturated carbocycles. The van der Waals surface area contributed by atoms with Crippen LogP contribution in [0.4, 0.5) is 6.01 Å². The van der Waals surface area contributed by atoms with Crippen LogP contribution in [0.2, 0.25) is 0 Å². The Kier molecular flexibility index (Phi) is 4.62. The number of H-pyrrole nitrogens is 1. The summed E-state index contributed by atoms with van der Waals surface area (Å²) in [7, 11) is 0. The molecule has 0 unspecified atom stereocenters. The van der Waals surface area contributed by atoms with Gasteiger partial charge in [0.25, 0.3) is 11.5 Å². The van der Waals surface area contributed by atoms with Gasteiger partial charge in [0, 0.05) is 23.7 Å². The fourth-order valence-electron chi connectivity index (χ4n) is 2.51. The summed E-state index contributed by atoms with van der Waals surface area (Å²) in [4.78, 5) is 35.2. The normalized spacial score (nSPS) is 10.4. The van der Waals surface area contributed by atoms with Gasteiger partial charge in [-0.1, -0.05) is 35.5 Å². The van der Waals surface area contributed by atoms with Crippen LogP contribution >= 0.6 is 0 Å². The summed E-state index contributed by atoms with van der Waals surface area (Å²) in [6, 6.07) is 15.9. The highest BCUT2D eigenvalue weighted by atomic mass is 16.5. The Hall–Kier alpha value is -4.27. The molecule has 3 heterocycles. The van der Waals surface area contributed by atoms with E-state index in [1.807, 2.05) is 30.3 Å². The van der Waals surface area contributed by atoms with Gasteiger partial charge in [-0.15, -0.1) is 0 Å². The third-order valence-corrected chi connectivity index (χ3v) is 3.89. The predicted molar refractivity (Wildman–Crippen MR) is 101 cm³/mol. The van der Waals surface area contributed by atoms with E-state index in [1.165, 1.54) is 6.07 Å². The molecule has 28 heavy (non-hydrogen) atoms. The number of aromatic amines is 1. The molecule has 3 aromatic heterocycles. The lowest BCUT2D eigenvalue weighted by Gasteiger charge is -2.05. The largest absolute Gasteiger partial charge is 0.340 e. The summed E-state index contributed by atoms with van der Waals surface area (Å²) in [5.41, 5.74) is 6.48. The van der Waals surface area contributed by atoms with Crippen molar-refractivity contribution in [2.45, 2.75) is 0 Å². The smallest absolute Gasteiger partial charge is 0.321 e. The number of benzene rings is 1. The predicted octanol–water partition coefficient (Wildman–Crippen LogP) is 2.24. The van der Waals surface area contributed by atoms with E-state index in [1.54, 1.807) is 30.6 Å². The zero-order chi connectivity index (χ0) is 19.3. The van der Waals surface area contributed by atoms with E-state index in [4.69, 9.17) is 4.52 Å². The molecule has 0 aliphatic rings. The van der Waals surface area contributed by atoms with Crippen molar-refractivity contribution in [3.8, 4) is 22.6 Å². The molecule has 1 amide bonds. The van der Waals surface area contributed by atoms with Gasteiger partial charge in [-0.3, -0.25) is 20.0 Å². The maximum Gasteiger partial charge on any atom is 0.340 e. The SMILES string of the molecule is O=C(NNc1nc(-c2ccncc2)no1)c1ccc(-c2ccccc2)[nH]c1=O. The number of carbonyl (C=O) groups is 1. The van der Waals surface area contributed by atoms with E-state index >= 15 is 0 Å². The standard InChI is InChI=1S/C19H14N6O3/c26-17-14(6-7-15(21-17)12-4-2-1-3-5-12)18(27)23-24-19-22-16(25-28-19)13-8-10-20-11-9-13/h1-11H,(H,21,26)(H,23,27)(H,22,24,25). The average molecular weight is 374 g/mol. The van der Waals surface area contributed by atoms with Gasteiger partial charge < -0.3 is 9.51 Å². The van der Waals surface area contributed by atoms with E-state index in [-0.39, 0.29) is 11.6 Å². The summed E-state index contributed by atoms with van der Waals surface area (Å²) >= 11 is 0. The van der Waals surface area contributed by atoms with Gasteiger partial charge in [0.2, 0.25) is 5.82 Å². The molecule has 0 saturated heterocycles. The number of aromatic nitrogens is 4. The number of anilines is 1. The third-order valence-electron chi connectivity index (χ3n) is 3.89. The quantitative estimate of drug-likeness (QED) is 0.457. The first-order valence-corrected chi connectivity index (χ1v) is 8.30. The lowest BCUT2D eigenvalue weighted by molar-refractivity contribution is 0.0959. The number of nitrogens with one attached hydrogen (secondary N) is 3. The Bertz CT molecular complexity index is 1160. The molecule has 0 aliphatic carbocycles. The summed E-state index contributed by atoms with van der Waals surface area (Å²) < 4.78 is 5.02. The number of hydrogen-bond donors (Lipinski definition) is 3. The first-order chi connectivity index (χ1) is 13.7. The van der Waals surface area contributed by atoms with Crippen molar-refractivity contribution in [3.63, 3.8) is 0 Å². The maximum absolute atomic E-state index is 12.3. The number of hydrazine groups is 1. The topological polar surface area (TPSA) is 126 Å². The molecule has 0 spiro atoms. The van der Waals surface area contributed by atoms with E-state index in [0.29, 0.717) is 17.1 Å². The fraction of sp³-hybridized carbons (Fsp3) is 0. The highest BCUT2D eigenvalue weighted by molar-refractivity contribution is 5.94. The van der Waals surface area contributed by atoms with Crippen LogP contribution in [0, 0.1) is 0 Å². The number of rotatable bonds is 5. The second-order valence-electron chi connectivity index (χ2n) is 5.72. The molecule has 1 aromatic carbocycles. The Morgan fingerprint density at radius 1 is 0.964 bits per heavy atom. The van der Waals surface area contributed by atoms with Crippen LogP contribution in [-0.4, -0.2) is 26.0 Å². The Morgan fingerprint density at radius 2 is 1.75 bits per heavy atom. The maximum atomic E-state index is 12.3. The second kappa shape index (κ2) is 7.54. The lowest BCUT2D eigenvalue weighted by Crippen LogP contribution is -2.33. The molecular weight excluding hydrogens is 360 g/mol. The van der Waals surface area contributed by atoms with Crippen LogP contribution in [0.25, 0.3) is 22.6 Å². The molecule has 138 valence electrons. The number of nitrogens with zero attached hydrogens (tertiary/aromatic N) is 3. The molecule has 0 atom stereocenters. The van der Waals surface area contributed by atoms with Crippen molar-refractivity contribution >= 4 is 11.9 Å². The zero-order valence-corrected chi connectivity index (χ0v) is 14.4. The van der Waals surface area contributed by atoms with Crippen molar-refractivity contribution in [2.24, 2.45) is 0 Å². The highest BCUT2D eigenvalue weighted by Gasteiger charge is 2.13. The van der Waals surface area contributed by atoms with E-state index in [9.17, 15) is 9.59 Å². The van der Waals surface area contributed by atoms with Crippen LogP contribution in [0.3, 0.4) is 0 Å². The number of amides is 1. The first-order valence-electron chi connectivity index (χ1n) is 8.30. The molecule has 4 aromatic rings. The Balaban J connectivity index is 1.44. The molecule has 0 aliphatic heterocycles. The molecular formula is C19H14N6O3. The summed E-state index contributed by atoms with van der Waals surface area (Å²) in [5.74, 6) is -0.297. The number of hydrogen-bond acceptors (Lipinski definition) is 7. The van der Waals surface area contributed by atoms with Gasteiger partial charge in [0.15, 0.2) is 0 Å². The van der Waals surface area contributed by atoms with Crippen molar-refractivity contribution in [3.05, 3.63) is 82.9 Å². The molecule has 9 heteroatoms. The molecule has 9 nitrogen and oxygen atoms in total. The zero-order valence-electron chi connectivity index (χ0n) is 14.4. The molecule has 3 N–H and O–H groups in total. The van der Waals surface area contributed by atoms with E-state index < -0.39 is 11.5 Å². The van der Waals surface area contributed by atoms with E-state index in [2.05, 4.69) is 31.0 Å².